The smallest absolute Gasteiger partial charge is 0.408 e. The number of nitrogens with zero attached hydrogens (tertiary/aromatic N) is 1. The fourth-order valence-corrected chi connectivity index (χ4v) is 5.77. The molecule has 3 aromatic carbocycles. The highest BCUT2D eigenvalue weighted by molar-refractivity contribution is 5.97. The van der Waals surface area contributed by atoms with Crippen LogP contribution in [0.3, 0.4) is 0 Å². The van der Waals surface area contributed by atoms with Gasteiger partial charge in [0.1, 0.15) is 18.2 Å². The number of Topliss-reactive ketones (excluding diaryl/α,β-unsaturated/α-hetero) is 1. The number of quaternary nitrogens is 1. The van der Waals surface area contributed by atoms with Crippen molar-refractivity contribution in [2.75, 3.05) is 26.2 Å². The van der Waals surface area contributed by atoms with Crippen LogP contribution in [0, 0.1) is 24.5 Å². The quantitative estimate of drug-likeness (QED) is 0.343. The number of halogens is 3. The van der Waals surface area contributed by atoms with E-state index in [1.165, 1.54) is 36.4 Å². The number of ketones is 1. The largest absolute Gasteiger partial charge is 1.00 e. The summed E-state index contributed by atoms with van der Waals surface area (Å²) in [6, 6.07) is 19.1. The van der Waals surface area contributed by atoms with E-state index < -0.39 is 23.8 Å². The zero-order chi connectivity index (χ0) is 26.0. The second kappa shape index (κ2) is 11.7. The summed E-state index contributed by atoms with van der Waals surface area (Å²) in [5, 5.41) is 3.02. The average Bonchev–Trinajstić information content (AvgIpc) is 2.88. The maximum Gasteiger partial charge on any atom is 0.408 e. The average molecular weight is 585 g/mol. The van der Waals surface area contributed by atoms with Gasteiger partial charge in [0.25, 0.3) is 0 Å². The Hall–Kier alpha value is -3.10. The minimum Gasteiger partial charge on any atom is -1.00 e. The van der Waals surface area contributed by atoms with Gasteiger partial charge in [-0.15, -0.1) is 0 Å². The lowest BCUT2D eigenvalue weighted by molar-refractivity contribution is -0.936. The predicted molar refractivity (Wildman–Crippen MR) is 136 cm³/mol. The van der Waals surface area contributed by atoms with E-state index in [1.807, 2.05) is 31.2 Å². The molecule has 8 heteroatoms. The topological polar surface area (TPSA) is 55.4 Å². The van der Waals surface area contributed by atoms with E-state index in [1.54, 1.807) is 12.1 Å². The molecule has 3 heterocycles. The number of hydrogen-bond donors (Lipinski definition) is 1. The summed E-state index contributed by atoms with van der Waals surface area (Å²) in [5.41, 5.74) is 2.66. The number of carbonyl (C=O) groups excluding carboxylic acids is 2. The minimum absolute atomic E-state index is 0. The molecule has 6 rings (SSSR count). The second-order valence-electron chi connectivity index (χ2n) is 10.4. The molecule has 0 radical (unpaired) electrons. The highest BCUT2D eigenvalue weighted by Crippen LogP contribution is 2.35. The maximum absolute atomic E-state index is 14.0. The Morgan fingerprint density at radius 3 is 2.08 bits per heavy atom. The molecule has 1 N–H and O–H groups in total. The number of ether oxygens (including phenoxy) is 1. The van der Waals surface area contributed by atoms with E-state index in [0.717, 1.165) is 31.5 Å². The summed E-state index contributed by atoms with van der Waals surface area (Å²) in [7, 11) is 0. The van der Waals surface area contributed by atoms with Gasteiger partial charge >= 0.3 is 6.09 Å². The van der Waals surface area contributed by atoms with Gasteiger partial charge in [-0.2, -0.15) is 0 Å². The lowest BCUT2D eigenvalue weighted by Gasteiger charge is -2.52. The molecule has 200 valence electrons. The maximum atomic E-state index is 14.0. The number of nitrogens with one attached hydrogen (secondary N) is 1. The van der Waals surface area contributed by atoms with E-state index in [-0.39, 0.29) is 28.8 Å². The van der Waals surface area contributed by atoms with Gasteiger partial charge in [0.2, 0.25) is 5.78 Å². The molecule has 3 aromatic rings. The normalized spacial score (nSPS) is 22.0. The van der Waals surface area contributed by atoms with Crippen molar-refractivity contribution >= 4 is 11.9 Å². The fourth-order valence-electron chi connectivity index (χ4n) is 5.77. The van der Waals surface area contributed by atoms with Crippen LogP contribution in [0.15, 0.2) is 72.8 Å². The zero-order valence-electron chi connectivity index (χ0n) is 21.2. The van der Waals surface area contributed by atoms with Gasteiger partial charge in [0.05, 0.1) is 25.7 Å². The Labute approximate surface area is 232 Å². The molecular formula is C30H31BrF2N2O3. The Morgan fingerprint density at radius 1 is 0.947 bits per heavy atom. The standard InChI is InChI=1S/C30H30F2N2O3.BrH/c1-20-8-10-22(11-9-20)28(35)19-34-14-12-21(13-15-34)27(18-34)33-30(36)37-29(23-4-2-6-25(31)16-23)24-5-3-7-26(32)17-24;/h2-11,16-17,21,27,29H,12-15,18-19H2,1H3;1H/t21?,27-,34?;/m0./s1. The summed E-state index contributed by atoms with van der Waals surface area (Å²) < 4.78 is 34.4. The third-order valence-corrected chi connectivity index (χ3v) is 7.79. The van der Waals surface area contributed by atoms with Crippen molar-refractivity contribution in [3.8, 4) is 0 Å². The Bertz CT molecular complexity index is 1250. The number of piperidine rings is 3. The number of amides is 1. The first kappa shape index (κ1) is 27.9. The van der Waals surface area contributed by atoms with Crippen molar-refractivity contribution in [2.45, 2.75) is 31.9 Å². The molecule has 0 aliphatic carbocycles. The van der Waals surface area contributed by atoms with Gasteiger partial charge in [0.15, 0.2) is 6.10 Å². The number of carbonyl (C=O) groups is 2. The molecule has 1 amide bonds. The molecule has 0 aromatic heterocycles. The van der Waals surface area contributed by atoms with Crippen molar-refractivity contribution in [3.63, 3.8) is 0 Å². The van der Waals surface area contributed by atoms with Crippen molar-refractivity contribution in [2.24, 2.45) is 5.92 Å². The van der Waals surface area contributed by atoms with E-state index in [2.05, 4.69) is 5.32 Å². The molecule has 0 unspecified atom stereocenters. The van der Waals surface area contributed by atoms with Gasteiger partial charge in [-0.05, 0) is 48.2 Å². The van der Waals surface area contributed by atoms with E-state index in [4.69, 9.17) is 4.74 Å². The van der Waals surface area contributed by atoms with Crippen LogP contribution in [0.4, 0.5) is 13.6 Å². The van der Waals surface area contributed by atoms with Crippen LogP contribution in [0.1, 0.15) is 46.0 Å². The third-order valence-electron chi connectivity index (χ3n) is 7.79. The molecule has 1 atom stereocenters. The Kier molecular flexibility index (Phi) is 8.63. The molecular weight excluding hydrogens is 554 g/mol. The SMILES string of the molecule is Cc1ccc(C(=O)C[N+]23CCC(CC2)[C@@H](NC(=O)OC(c2cccc(F)c2)c2cccc(F)c2)C3)cc1.[Br-]. The molecule has 3 fully saturated rings. The van der Waals surface area contributed by atoms with E-state index in [9.17, 15) is 18.4 Å². The lowest BCUT2D eigenvalue weighted by Crippen LogP contribution is -3.00. The number of rotatable bonds is 7. The van der Waals surface area contributed by atoms with Crippen LogP contribution in [0.2, 0.25) is 0 Å². The van der Waals surface area contributed by atoms with Crippen LogP contribution in [0.25, 0.3) is 0 Å². The Balaban J connectivity index is 0.00000336. The number of hydrogen-bond acceptors (Lipinski definition) is 3. The van der Waals surface area contributed by atoms with Gasteiger partial charge in [-0.1, -0.05) is 54.1 Å². The zero-order valence-corrected chi connectivity index (χ0v) is 22.8. The van der Waals surface area contributed by atoms with Crippen molar-refractivity contribution < 1.29 is 44.6 Å². The Morgan fingerprint density at radius 2 is 1.53 bits per heavy atom. The number of alkyl carbamates (subject to hydrolysis) is 1. The molecule has 5 nitrogen and oxygen atoms in total. The second-order valence-corrected chi connectivity index (χ2v) is 10.4. The van der Waals surface area contributed by atoms with Crippen LogP contribution in [-0.4, -0.2) is 48.6 Å². The van der Waals surface area contributed by atoms with Crippen LogP contribution < -0.4 is 22.3 Å². The molecule has 3 aliphatic rings. The summed E-state index contributed by atoms with van der Waals surface area (Å²) in [5.74, 6) is -0.516. The highest BCUT2D eigenvalue weighted by Gasteiger charge is 2.47. The van der Waals surface area contributed by atoms with Gasteiger partial charge in [0, 0.05) is 18.4 Å². The first-order valence-electron chi connectivity index (χ1n) is 12.7. The van der Waals surface area contributed by atoms with Crippen LogP contribution >= 0.6 is 0 Å². The van der Waals surface area contributed by atoms with E-state index in [0.29, 0.717) is 40.2 Å². The first-order valence-corrected chi connectivity index (χ1v) is 12.7. The molecule has 38 heavy (non-hydrogen) atoms. The van der Waals surface area contributed by atoms with E-state index >= 15 is 0 Å². The molecule has 3 saturated heterocycles. The number of aryl methyl sites for hydroxylation is 1. The predicted octanol–water partition coefficient (Wildman–Crippen LogP) is 2.58. The highest BCUT2D eigenvalue weighted by atomic mass is 79.9. The van der Waals surface area contributed by atoms with Crippen LogP contribution in [0.5, 0.6) is 0 Å². The fraction of sp³-hybridized carbons (Fsp3) is 0.333. The van der Waals surface area contributed by atoms with Crippen molar-refractivity contribution in [1.29, 1.82) is 0 Å². The summed E-state index contributed by atoms with van der Waals surface area (Å²) in [6.07, 6.45) is 0.242. The van der Waals surface area contributed by atoms with Gasteiger partial charge < -0.3 is 31.5 Å². The molecule has 3 aliphatic heterocycles. The number of benzene rings is 3. The third kappa shape index (κ3) is 6.30. The lowest BCUT2D eigenvalue weighted by atomic mass is 9.81. The van der Waals surface area contributed by atoms with Gasteiger partial charge in [-0.3, -0.25) is 4.79 Å². The van der Waals surface area contributed by atoms with Crippen molar-refractivity contribution in [1.82, 2.24) is 5.32 Å². The monoisotopic (exact) mass is 584 g/mol. The number of fused-ring (bicyclic) bond motifs is 3. The minimum atomic E-state index is -0.959. The summed E-state index contributed by atoms with van der Waals surface area (Å²) >= 11 is 0. The molecule has 0 spiro atoms. The molecule has 2 bridgehead atoms. The first-order chi connectivity index (χ1) is 17.8. The van der Waals surface area contributed by atoms with Crippen molar-refractivity contribution in [3.05, 3.63) is 107 Å². The van der Waals surface area contributed by atoms with Gasteiger partial charge in [-0.25, -0.2) is 13.6 Å². The summed E-state index contributed by atoms with van der Waals surface area (Å²) in [4.78, 5) is 26.2. The molecule has 0 saturated carbocycles. The van der Waals surface area contributed by atoms with Crippen LogP contribution in [-0.2, 0) is 4.74 Å². The summed E-state index contributed by atoms with van der Waals surface area (Å²) in [6.45, 7) is 4.86.